The number of nitrogens with one attached hydrogen (secondary N) is 2. The summed E-state index contributed by atoms with van der Waals surface area (Å²) >= 11 is 2.81. The molecular formula is C20H23N5O2S2. The zero-order chi connectivity index (χ0) is 20.5. The monoisotopic (exact) mass is 429 g/mol. The van der Waals surface area contributed by atoms with Gasteiger partial charge in [0.25, 0.3) is 0 Å². The van der Waals surface area contributed by atoms with E-state index in [0.29, 0.717) is 28.8 Å². The van der Waals surface area contributed by atoms with Crippen LogP contribution < -0.4 is 10.6 Å². The second kappa shape index (κ2) is 10.9. The molecule has 9 heteroatoms. The minimum Gasteiger partial charge on any atom is -0.347 e. The first kappa shape index (κ1) is 21.3. The lowest BCUT2D eigenvalue weighted by atomic mass is 9.87. The number of hydrogen-bond donors (Lipinski definition) is 2. The predicted molar refractivity (Wildman–Crippen MR) is 113 cm³/mol. The van der Waals surface area contributed by atoms with Gasteiger partial charge in [0.2, 0.25) is 16.9 Å². The zero-order valence-electron chi connectivity index (χ0n) is 16.0. The SMILES string of the molecule is N#Cc1ccc(CSc2nnc(NC(=O)CNC(=O)CC3CCCCC3)s2)cc1. The smallest absolute Gasteiger partial charge is 0.245 e. The molecule has 1 heterocycles. The highest BCUT2D eigenvalue weighted by Crippen LogP contribution is 2.28. The third-order valence-corrected chi connectivity index (χ3v) is 6.79. The van der Waals surface area contributed by atoms with E-state index in [1.54, 1.807) is 12.1 Å². The molecular weight excluding hydrogens is 406 g/mol. The molecule has 1 aliphatic rings. The van der Waals surface area contributed by atoms with E-state index < -0.39 is 0 Å². The highest BCUT2D eigenvalue weighted by Gasteiger charge is 2.17. The van der Waals surface area contributed by atoms with Gasteiger partial charge in [0.15, 0.2) is 4.34 Å². The Morgan fingerprint density at radius 2 is 1.90 bits per heavy atom. The Balaban J connectivity index is 1.37. The molecule has 29 heavy (non-hydrogen) atoms. The number of amides is 2. The Morgan fingerprint density at radius 3 is 2.62 bits per heavy atom. The van der Waals surface area contributed by atoms with Gasteiger partial charge in [0.1, 0.15) is 0 Å². The summed E-state index contributed by atoms with van der Waals surface area (Å²) in [5.74, 6) is 0.779. The van der Waals surface area contributed by atoms with Crippen molar-refractivity contribution in [1.29, 1.82) is 5.26 Å². The van der Waals surface area contributed by atoms with E-state index >= 15 is 0 Å². The molecule has 1 aromatic carbocycles. The summed E-state index contributed by atoms with van der Waals surface area (Å²) in [4.78, 5) is 24.0. The molecule has 1 saturated carbocycles. The lowest BCUT2D eigenvalue weighted by Crippen LogP contribution is -2.34. The maximum Gasteiger partial charge on any atom is 0.245 e. The van der Waals surface area contributed by atoms with Crippen molar-refractivity contribution in [2.24, 2.45) is 5.92 Å². The fourth-order valence-electron chi connectivity index (χ4n) is 3.21. The topological polar surface area (TPSA) is 108 Å². The largest absolute Gasteiger partial charge is 0.347 e. The Bertz CT molecular complexity index is 870. The van der Waals surface area contributed by atoms with E-state index in [0.717, 1.165) is 22.7 Å². The van der Waals surface area contributed by atoms with Crippen molar-refractivity contribution in [3.63, 3.8) is 0 Å². The van der Waals surface area contributed by atoms with Gasteiger partial charge in [-0.1, -0.05) is 54.5 Å². The standard InChI is InChI=1S/C20H23N5O2S2/c21-11-15-6-8-16(9-7-15)13-28-20-25-24-19(29-20)23-18(27)12-22-17(26)10-14-4-2-1-3-5-14/h6-9,14H,1-5,10,12-13H2,(H,22,26)(H,23,24,27). The van der Waals surface area contributed by atoms with Crippen molar-refractivity contribution >= 4 is 40.0 Å². The molecule has 0 spiro atoms. The van der Waals surface area contributed by atoms with Gasteiger partial charge in [0, 0.05) is 12.2 Å². The van der Waals surface area contributed by atoms with Gasteiger partial charge in [0.05, 0.1) is 18.2 Å². The normalized spacial score (nSPS) is 14.2. The molecule has 2 aromatic rings. The number of thioether (sulfide) groups is 1. The van der Waals surface area contributed by atoms with E-state index in [9.17, 15) is 9.59 Å². The molecule has 2 amide bonds. The molecule has 0 atom stereocenters. The first-order valence-electron chi connectivity index (χ1n) is 9.64. The minimum atomic E-state index is -0.304. The summed E-state index contributed by atoms with van der Waals surface area (Å²) < 4.78 is 0.742. The summed E-state index contributed by atoms with van der Waals surface area (Å²) in [6.45, 7) is -0.0567. The molecule has 3 rings (SSSR count). The Morgan fingerprint density at radius 1 is 1.14 bits per heavy atom. The van der Waals surface area contributed by atoms with Gasteiger partial charge in [-0.2, -0.15) is 5.26 Å². The van der Waals surface area contributed by atoms with Crippen molar-refractivity contribution in [3.05, 3.63) is 35.4 Å². The molecule has 0 radical (unpaired) electrons. The first-order valence-corrected chi connectivity index (χ1v) is 11.4. The molecule has 0 aliphatic heterocycles. The van der Waals surface area contributed by atoms with E-state index in [1.165, 1.54) is 42.4 Å². The van der Waals surface area contributed by atoms with Crippen LogP contribution in [0.1, 0.15) is 49.7 Å². The van der Waals surface area contributed by atoms with Crippen LogP contribution in [-0.2, 0) is 15.3 Å². The Kier molecular flexibility index (Phi) is 8.02. The van der Waals surface area contributed by atoms with Crippen LogP contribution in [0.4, 0.5) is 5.13 Å². The highest BCUT2D eigenvalue weighted by molar-refractivity contribution is 8.00. The average molecular weight is 430 g/mol. The maximum atomic E-state index is 12.0. The molecule has 2 N–H and O–H groups in total. The van der Waals surface area contributed by atoms with Crippen LogP contribution in [0.2, 0.25) is 0 Å². The van der Waals surface area contributed by atoms with E-state index in [-0.39, 0.29) is 18.4 Å². The van der Waals surface area contributed by atoms with Crippen LogP contribution in [0.25, 0.3) is 0 Å². The number of aromatic nitrogens is 2. The number of benzene rings is 1. The lowest BCUT2D eigenvalue weighted by Gasteiger charge is -2.20. The van der Waals surface area contributed by atoms with Crippen molar-refractivity contribution < 1.29 is 9.59 Å². The number of rotatable bonds is 8. The quantitative estimate of drug-likeness (QED) is 0.489. The predicted octanol–water partition coefficient (Wildman–Crippen LogP) is 3.73. The number of hydrogen-bond acceptors (Lipinski definition) is 7. The summed E-state index contributed by atoms with van der Waals surface area (Å²) in [6.07, 6.45) is 6.36. The molecule has 1 fully saturated rings. The number of nitriles is 1. The lowest BCUT2D eigenvalue weighted by molar-refractivity contribution is -0.125. The number of nitrogens with zero attached hydrogens (tertiary/aromatic N) is 3. The molecule has 0 saturated heterocycles. The van der Waals surface area contributed by atoms with Gasteiger partial charge >= 0.3 is 0 Å². The van der Waals surface area contributed by atoms with Crippen LogP contribution >= 0.6 is 23.1 Å². The minimum absolute atomic E-state index is 0.0567. The van der Waals surface area contributed by atoms with Crippen LogP contribution in [0.5, 0.6) is 0 Å². The number of anilines is 1. The zero-order valence-corrected chi connectivity index (χ0v) is 17.7. The summed E-state index contributed by atoms with van der Waals surface area (Å²) in [7, 11) is 0. The van der Waals surface area contributed by atoms with Crippen molar-refractivity contribution in [2.75, 3.05) is 11.9 Å². The first-order chi connectivity index (χ1) is 14.1. The van der Waals surface area contributed by atoms with Crippen molar-refractivity contribution in [3.8, 4) is 6.07 Å². The molecule has 1 aromatic heterocycles. The van der Waals surface area contributed by atoms with Crippen LogP contribution in [-0.4, -0.2) is 28.6 Å². The molecule has 152 valence electrons. The maximum absolute atomic E-state index is 12.0. The molecule has 7 nitrogen and oxygen atoms in total. The van der Waals surface area contributed by atoms with Gasteiger partial charge < -0.3 is 5.32 Å². The van der Waals surface area contributed by atoms with E-state index in [2.05, 4.69) is 26.9 Å². The fourth-order valence-corrected chi connectivity index (χ4v) is 4.93. The average Bonchev–Trinajstić information content (AvgIpc) is 3.19. The third kappa shape index (κ3) is 7.15. The van der Waals surface area contributed by atoms with Gasteiger partial charge in [-0.15, -0.1) is 10.2 Å². The van der Waals surface area contributed by atoms with Gasteiger partial charge in [-0.25, -0.2) is 0 Å². The second-order valence-electron chi connectivity index (χ2n) is 7.00. The third-order valence-electron chi connectivity index (χ3n) is 4.74. The van der Waals surface area contributed by atoms with E-state index in [4.69, 9.17) is 5.26 Å². The Labute approximate surface area is 178 Å². The molecule has 0 bridgehead atoms. The second-order valence-corrected chi connectivity index (χ2v) is 9.20. The summed E-state index contributed by atoms with van der Waals surface area (Å²) in [6, 6.07) is 9.47. The number of carbonyl (C=O) groups excluding carboxylic acids is 2. The van der Waals surface area contributed by atoms with E-state index in [1.807, 2.05) is 12.1 Å². The summed E-state index contributed by atoms with van der Waals surface area (Å²) in [5.41, 5.74) is 1.71. The fraction of sp³-hybridized carbons (Fsp3) is 0.450. The Hall–Kier alpha value is -2.44. The summed E-state index contributed by atoms with van der Waals surface area (Å²) in [5, 5.41) is 22.7. The molecule has 0 unspecified atom stereocenters. The van der Waals surface area contributed by atoms with Crippen LogP contribution in [0.3, 0.4) is 0 Å². The molecule has 1 aliphatic carbocycles. The van der Waals surface area contributed by atoms with Crippen molar-refractivity contribution in [2.45, 2.75) is 48.6 Å². The van der Waals surface area contributed by atoms with Gasteiger partial charge in [-0.3, -0.25) is 14.9 Å². The van der Waals surface area contributed by atoms with Crippen LogP contribution in [0.15, 0.2) is 28.6 Å². The highest BCUT2D eigenvalue weighted by atomic mass is 32.2. The van der Waals surface area contributed by atoms with Crippen LogP contribution in [0, 0.1) is 17.2 Å². The van der Waals surface area contributed by atoms with Crippen molar-refractivity contribution in [1.82, 2.24) is 15.5 Å². The van der Waals surface area contributed by atoms with Gasteiger partial charge in [-0.05, 0) is 36.5 Å². The number of carbonyl (C=O) groups is 2.